The Morgan fingerprint density at radius 3 is 2.75 bits per heavy atom. The maximum absolute atomic E-state index is 11.9. The molecular weight excluding hydrogens is 204 g/mol. The average molecular weight is 220 g/mol. The molecule has 1 fully saturated rings. The van der Waals surface area contributed by atoms with Crippen LogP contribution in [-0.4, -0.2) is 29.4 Å². The zero-order valence-electron chi connectivity index (χ0n) is 9.62. The minimum absolute atomic E-state index is 0.187. The summed E-state index contributed by atoms with van der Waals surface area (Å²) in [6, 6.07) is 3.35. The van der Waals surface area contributed by atoms with Gasteiger partial charge in [0.1, 0.15) is 5.56 Å². The highest BCUT2D eigenvalue weighted by Gasteiger charge is 2.25. The molecule has 1 heterocycles. The van der Waals surface area contributed by atoms with Gasteiger partial charge in [-0.25, -0.2) is 0 Å². The van der Waals surface area contributed by atoms with Crippen LogP contribution < -0.4 is 5.56 Å². The Balaban J connectivity index is 2.15. The second-order valence-corrected chi connectivity index (χ2v) is 4.51. The lowest BCUT2D eigenvalue weighted by Crippen LogP contribution is -2.33. The molecule has 0 spiro atoms. The smallest absolute Gasteiger partial charge is 0.260 e. The summed E-state index contributed by atoms with van der Waals surface area (Å²) >= 11 is 0. The molecule has 1 aliphatic rings. The second kappa shape index (κ2) is 4.12. The monoisotopic (exact) mass is 220 g/mol. The first-order valence-electron chi connectivity index (χ1n) is 5.53. The number of carbonyl (C=O) groups excluding carboxylic acids is 1. The van der Waals surface area contributed by atoms with Crippen molar-refractivity contribution in [3.8, 4) is 0 Å². The van der Waals surface area contributed by atoms with Crippen LogP contribution in [0.25, 0.3) is 0 Å². The summed E-state index contributed by atoms with van der Waals surface area (Å²) in [4.78, 5) is 27.8. The van der Waals surface area contributed by atoms with Gasteiger partial charge in [-0.15, -0.1) is 0 Å². The third-order valence-corrected chi connectivity index (χ3v) is 2.86. The number of amides is 1. The summed E-state index contributed by atoms with van der Waals surface area (Å²) in [6.45, 7) is 2.55. The third-order valence-electron chi connectivity index (χ3n) is 2.86. The Hall–Kier alpha value is -1.58. The highest BCUT2D eigenvalue weighted by atomic mass is 16.2. The van der Waals surface area contributed by atoms with Gasteiger partial charge in [0.2, 0.25) is 0 Å². The zero-order chi connectivity index (χ0) is 11.7. The van der Waals surface area contributed by atoms with Crippen LogP contribution >= 0.6 is 0 Å². The molecule has 2 rings (SSSR count). The van der Waals surface area contributed by atoms with Crippen LogP contribution in [0.4, 0.5) is 0 Å². The van der Waals surface area contributed by atoms with Gasteiger partial charge < -0.3 is 9.88 Å². The summed E-state index contributed by atoms with van der Waals surface area (Å²) in [7, 11) is 1.75. The van der Waals surface area contributed by atoms with Crippen molar-refractivity contribution in [2.24, 2.45) is 5.92 Å². The van der Waals surface area contributed by atoms with Gasteiger partial charge in [0.25, 0.3) is 11.5 Å². The third kappa shape index (κ3) is 2.32. The van der Waals surface area contributed by atoms with E-state index in [0.717, 1.165) is 12.2 Å². The van der Waals surface area contributed by atoms with Crippen LogP contribution in [0, 0.1) is 12.8 Å². The fourth-order valence-corrected chi connectivity index (χ4v) is 1.72. The molecule has 0 radical (unpaired) electrons. The molecule has 0 saturated heterocycles. The molecule has 86 valence electrons. The van der Waals surface area contributed by atoms with Gasteiger partial charge in [0.05, 0.1) is 0 Å². The van der Waals surface area contributed by atoms with Gasteiger partial charge in [-0.3, -0.25) is 9.59 Å². The number of carbonyl (C=O) groups is 1. The van der Waals surface area contributed by atoms with Crippen LogP contribution in [0.1, 0.15) is 28.9 Å². The van der Waals surface area contributed by atoms with Crippen molar-refractivity contribution in [3.63, 3.8) is 0 Å². The van der Waals surface area contributed by atoms with Crippen LogP contribution in [0.15, 0.2) is 16.9 Å². The molecule has 1 saturated carbocycles. The van der Waals surface area contributed by atoms with Gasteiger partial charge >= 0.3 is 0 Å². The number of hydrogen-bond acceptors (Lipinski definition) is 2. The van der Waals surface area contributed by atoms with Crippen molar-refractivity contribution in [2.75, 3.05) is 13.6 Å². The lowest BCUT2D eigenvalue weighted by atomic mass is 10.2. The summed E-state index contributed by atoms with van der Waals surface area (Å²) in [5.41, 5.74) is 0.702. The van der Waals surface area contributed by atoms with E-state index in [2.05, 4.69) is 4.98 Å². The number of nitrogens with zero attached hydrogens (tertiary/aromatic N) is 1. The van der Waals surface area contributed by atoms with E-state index in [0.29, 0.717) is 5.92 Å². The Labute approximate surface area is 94.3 Å². The summed E-state index contributed by atoms with van der Waals surface area (Å²) < 4.78 is 0. The van der Waals surface area contributed by atoms with E-state index in [9.17, 15) is 9.59 Å². The highest BCUT2D eigenvalue weighted by Crippen LogP contribution is 2.29. The quantitative estimate of drug-likeness (QED) is 0.831. The SMILES string of the molecule is Cc1ccc(C(=O)N(C)CC2CC2)c(=O)[nH]1. The van der Waals surface area contributed by atoms with Gasteiger partial charge in [-0.2, -0.15) is 0 Å². The minimum atomic E-state index is -0.298. The Kier molecular flexibility index (Phi) is 2.81. The minimum Gasteiger partial charge on any atom is -0.341 e. The predicted molar refractivity (Wildman–Crippen MR) is 61.5 cm³/mol. The molecule has 16 heavy (non-hydrogen) atoms. The molecule has 0 bridgehead atoms. The standard InChI is InChI=1S/C12H16N2O2/c1-8-3-6-10(11(15)13-8)12(16)14(2)7-9-4-5-9/h3,6,9H,4-5,7H2,1-2H3,(H,13,15). The van der Waals surface area contributed by atoms with E-state index < -0.39 is 0 Å². The lowest BCUT2D eigenvalue weighted by Gasteiger charge is -2.16. The fraction of sp³-hybridized carbons (Fsp3) is 0.500. The number of hydrogen-bond donors (Lipinski definition) is 1. The number of H-pyrrole nitrogens is 1. The first-order chi connectivity index (χ1) is 7.58. The molecule has 4 heteroatoms. The number of aromatic nitrogens is 1. The van der Waals surface area contributed by atoms with Crippen molar-refractivity contribution in [1.82, 2.24) is 9.88 Å². The largest absolute Gasteiger partial charge is 0.341 e. The van der Waals surface area contributed by atoms with Crippen LogP contribution in [0.5, 0.6) is 0 Å². The molecule has 0 unspecified atom stereocenters. The van der Waals surface area contributed by atoms with Crippen molar-refractivity contribution >= 4 is 5.91 Å². The van der Waals surface area contributed by atoms with E-state index in [1.807, 2.05) is 0 Å². The van der Waals surface area contributed by atoms with Crippen molar-refractivity contribution in [2.45, 2.75) is 19.8 Å². The zero-order valence-corrected chi connectivity index (χ0v) is 9.62. The van der Waals surface area contributed by atoms with E-state index in [1.54, 1.807) is 31.0 Å². The van der Waals surface area contributed by atoms with Gasteiger partial charge in [-0.1, -0.05) is 0 Å². The molecule has 0 atom stereocenters. The maximum atomic E-state index is 11.9. The molecule has 1 aromatic rings. The molecule has 1 amide bonds. The summed E-state index contributed by atoms with van der Waals surface area (Å²) in [5, 5.41) is 0. The van der Waals surface area contributed by atoms with Crippen LogP contribution in [0.2, 0.25) is 0 Å². The van der Waals surface area contributed by atoms with Crippen LogP contribution in [-0.2, 0) is 0 Å². The van der Waals surface area contributed by atoms with Crippen molar-refractivity contribution in [1.29, 1.82) is 0 Å². The number of aromatic amines is 1. The summed E-state index contributed by atoms with van der Waals surface area (Å²) in [6.07, 6.45) is 2.39. The number of rotatable bonds is 3. The number of nitrogens with one attached hydrogen (secondary N) is 1. The topological polar surface area (TPSA) is 53.2 Å². The van der Waals surface area contributed by atoms with Crippen LogP contribution in [0.3, 0.4) is 0 Å². The first-order valence-corrected chi connectivity index (χ1v) is 5.53. The maximum Gasteiger partial charge on any atom is 0.260 e. The second-order valence-electron chi connectivity index (χ2n) is 4.51. The highest BCUT2D eigenvalue weighted by molar-refractivity contribution is 5.93. The van der Waals surface area contributed by atoms with Gasteiger partial charge in [0, 0.05) is 19.3 Å². The van der Waals surface area contributed by atoms with Gasteiger partial charge in [0.15, 0.2) is 0 Å². The molecule has 4 nitrogen and oxygen atoms in total. The normalized spacial score (nSPS) is 14.9. The number of pyridine rings is 1. The first kappa shape index (κ1) is 10.9. The molecule has 0 aromatic carbocycles. The van der Waals surface area contributed by atoms with Crippen molar-refractivity contribution in [3.05, 3.63) is 33.7 Å². The molecule has 1 aliphatic carbocycles. The van der Waals surface area contributed by atoms with E-state index >= 15 is 0 Å². The predicted octanol–water partition coefficient (Wildman–Crippen LogP) is 1.17. The fourth-order valence-electron chi connectivity index (χ4n) is 1.72. The van der Waals surface area contributed by atoms with E-state index in [4.69, 9.17) is 0 Å². The van der Waals surface area contributed by atoms with Gasteiger partial charge in [-0.05, 0) is 37.8 Å². The molecule has 1 N–H and O–H groups in total. The molecular formula is C12H16N2O2. The van der Waals surface area contributed by atoms with E-state index in [-0.39, 0.29) is 17.0 Å². The van der Waals surface area contributed by atoms with Crippen molar-refractivity contribution < 1.29 is 4.79 Å². The lowest BCUT2D eigenvalue weighted by molar-refractivity contribution is 0.0787. The number of aryl methyl sites for hydroxylation is 1. The molecule has 0 aliphatic heterocycles. The summed E-state index contributed by atoms with van der Waals surface area (Å²) in [5.74, 6) is 0.451. The Morgan fingerprint density at radius 1 is 1.50 bits per heavy atom. The van der Waals surface area contributed by atoms with E-state index in [1.165, 1.54) is 12.8 Å². The average Bonchev–Trinajstić information content (AvgIpc) is 3.00. The molecule has 1 aromatic heterocycles. The Morgan fingerprint density at radius 2 is 2.19 bits per heavy atom. The Bertz CT molecular complexity index is 460.